The number of benzene rings is 1. The Bertz CT molecular complexity index is 511. The molecule has 0 amide bonds. The molecule has 0 unspecified atom stereocenters. The molecule has 92 valence electrons. The van der Waals surface area contributed by atoms with Gasteiger partial charge < -0.3 is 15.6 Å². The fraction of sp³-hybridized carbons (Fsp3) is 0.429. The summed E-state index contributed by atoms with van der Waals surface area (Å²) in [6.07, 6.45) is 0. The second-order valence-corrected chi connectivity index (χ2v) is 4.66. The van der Waals surface area contributed by atoms with E-state index in [4.69, 9.17) is 5.73 Å². The smallest absolute Gasteiger partial charge is 0.0506 e. The highest BCUT2D eigenvalue weighted by molar-refractivity contribution is 5.92. The Labute approximate surface area is 103 Å². The van der Waals surface area contributed by atoms with E-state index in [-0.39, 0.29) is 0 Å². The van der Waals surface area contributed by atoms with Crippen LogP contribution in [-0.2, 0) is 6.54 Å². The molecule has 0 bridgehead atoms. The Hall–Kier alpha value is -1.48. The summed E-state index contributed by atoms with van der Waals surface area (Å²) in [7, 11) is 0. The number of fused-ring (bicyclic) bond motifs is 1. The zero-order valence-corrected chi connectivity index (χ0v) is 10.8. The molecule has 1 aromatic carbocycles. The van der Waals surface area contributed by atoms with Crippen LogP contribution in [-0.4, -0.2) is 11.1 Å². The van der Waals surface area contributed by atoms with Crippen molar-refractivity contribution in [1.29, 1.82) is 0 Å². The Morgan fingerprint density at radius 2 is 2.12 bits per heavy atom. The summed E-state index contributed by atoms with van der Waals surface area (Å²) in [4.78, 5) is 0. The van der Waals surface area contributed by atoms with Crippen LogP contribution in [0.4, 0.5) is 5.69 Å². The molecule has 1 aromatic heterocycles. The first-order chi connectivity index (χ1) is 8.15. The highest BCUT2D eigenvalue weighted by atomic mass is 15.0. The number of rotatable bonds is 4. The van der Waals surface area contributed by atoms with Gasteiger partial charge in [0.1, 0.15) is 0 Å². The maximum atomic E-state index is 6.03. The van der Waals surface area contributed by atoms with Crippen LogP contribution >= 0.6 is 0 Å². The van der Waals surface area contributed by atoms with Crippen molar-refractivity contribution in [2.45, 2.75) is 33.4 Å². The maximum absolute atomic E-state index is 6.03. The van der Waals surface area contributed by atoms with Gasteiger partial charge in [-0.25, -0.2) is 0 Å². The minimum atomic E-state index is 0.447. The summed E-state index contributed by atoms with van der Waals surface area (Å²) < 4.78 is 2.36. The Morgan fingerprint density at radius 1 is 1.35 bits per heavy atom. The normalized spacial score (nSPS) is 11.5. The summed E-state index contributed by atoms with van der Waals surface area (Å²) >= 11 is 0. The van der Waals surface area contributed by atoms with Crippen LogP contribution in [0.15, 0.2) is 24.3 Å². The van der Waals surface area contributed by atoms with Gasteiger partial charge in [0.15, 0.2) is 0 Å². The van der Waals surface area contributed by atoms with Gasteiger partial charge in [0.25, 0.3) is 0 Å². The SMILES string of the molecule is CCNCc1cc2c(N)cccc2n1C(C)C. The standard InChI is InChI=1S/C14H21N3/c1-4-16-9-11-8-12-13(15)6-5-7-14(12)17(11)10(2)3/h5-8,10,16H,4,9,15H2,1-3H3. The number of hydrogen-bond donors (Lipinski definition) is 2. The van der Waals surface area contributed by atoms with E-state index >= 15 is 0 Å². The lowest BCUT2D eigenvalue weighted by Crippen LogP contribution is -2.16. The lowest BCUT2D eigenvalue weighted by molar-refractivity contribution is 0.572. The lowest BCUT2D eigenvalue weighted by atomic mass is 10.2. The predicted octanol–water partition coefficient (Wildman–Crippen LogP) is 2.91. The Balaban J connectivity index is 2.58. The minimum absolute atomic E-state index is 0.447. The van der Waals surface area contributed by atoms with E-state index in [1.54, 1.807) is 0 Å². The number of hydrogen-bond acceptors (Lipinski definition) is 2. The molecule has 0 radical (unpaired) electrons. The summed E-state index contributed by atoms with van der Waals surface area (Å²) in [5, 5.41) is 4.54. The van der Waals surface area contributed by atoms with Crippen molar-refractivity contribution < 1.29 is 0 Å². The largest absolute Gasteiger partial charge is 0.398 e. The van der Waals surface area contributed by atoms with Gasteiger partial charge in [-0.2, -0.15) is 0 Å². The molecule has 2 rings (SSSR count). The van der Waals surface area contributed by atoms with Crippen molar-refractivity contribution in [2.24, 2.45) is 0 Å². The number of nitrogens with one attached hydrogen (secondary N) is 1. The molecule has 0 atom stereocenters. The van der Waals surface area contributed by atoms with Crippen molar-refractivity contribution in [1.82, 2.24) is 9.88 Å². The van der Waals surface area contributed by atoms with Gasteiger partial charge in [0.2, 0.25) is 0 Å². The molecule has 17 heavy (non-hydrogen) atoms. The van der Waals surface area contributed by atoms with Crippen molar-refractivity contribution in [3.8, 4) is 0 Å². The van der Waals surface area contributed by atoms with Gasteiger partial charge in [-0.05, 0) is 38.6 Å². The van der Waals surface area contributed by atoms with Gasteiger partial charge in [-0.1, -0.05) is 13.0 Å². The summed E-state index contributed by atoms with van der Waals surface area (Å²) in [5.41, 5.74) is 9.42. The Morgan fingerprint density at radius 3 is 2.76 bits per heavy atom. The van der Waals surface area contributed by atoms with Crippen LogP contribution in [0.2, 0.25) is 0 Å². The average molecular weight is 231 g/mol. The highest BCUT2D eigenvalue weighted by Crippen LogP contribution is 2.28. The molecule has 3 N–H and O–H groups in total. The van der Waals surface area contributed by atoms with E-state index in [1.807, 2.05) is 12.1 Å². The third kappa shape index (κ3) is 2.15. The average Bonchev–Trinajstić information content (AvgIpc) is 2.66. The molecule has 1 heterocycles. The van der Waals surface area contributed by atoms with Gasteiger partial charge in [0.05, 0.1) is 5.52 Å². The van der Waals surface area contributed by atoms with Gasteiger partial charge in [-0.3, -0.25) is 0 Å². The molecule has 0 aliphatic carbocycles. The number of anilines is 1. The predicted molar refractivity (Wildman–Crippen MR) is 74.1 cm³/mol. The van der Waals surface area contributed by atoms with Crippen molar-refractivity contribution in [3.63, 3.8) is 0 Å². The molecule has 0 aliphatic heterocycles. The zero-order chi connectivity index (χ0) is 12.4. The number of aromatic nitrogens is 1. The fourth-order valence-electron chi connectivity index (χ4n) is 2.33. The zero-order valence-electron chi connectivity index (χ0n) is 10.8. The van der Waals surface area contributed by atoms with E-state index in [0.29, 0.717) is 6.04 Å². The van der Waals surface area contributed by atoms with E-state index in [2.05, 4.69) is 42.8 Å². The number of nitrogens with zero attached hydrogens (tertiary/aromatic N) is 1. The monoisotopic (exact) mass is 231 g/mol. The van der Waals surface area contributed by atoms with E-state index in [9.17, 15) is 0 Å². The first-order valence-electron chi connectivity index (χ1n) is 6.24. The molecule has 3 nitrogen and oxygen atoms in total. The summed E-state index contributed by atoms with van der Waals surface area (Å²) in [5.74, 6) is 0. The third-order valence-corrected chi connectivity index (χ3v) is 3.07. The molecule has 2 aromatic rings. The van der Waals surface area contributed by atoms with Crippen LogP contribution < -0.4 is 11.1 Å². The molecular formula is C14H21N3. The third-order valence-electron chi connectivity index (χ3n) is 3.07. The van der Waals surface area contributed by atoms with Crippen LogP contribution in [0.1, 0.15) is 32.5 Å². The van der Waals surface area contributed by atoms with Crippen LogP contribution in [0.5, 0.6) is 0 Å². The molecule has 0 saturated heterocycles. The van der Waals surface area contributed by atoms with Gasteiger partial charge >= 0.3 is 0 Å². The van der Waals surface area contributed by atoms with E-state index in [0.717, 1.165) is 24.2 Å². The highest BCUT2D eigenvalue weighted by Gasteiger charge is 2.12. The quantitative estimate of drug-likeness (QED) is 0.795. The molecule has 3 heteroatoms. The number of nitrogen functional groups attached to an aromatic ring is 1. The molecule has 0 aliphatic rings. The van der Waals surface area contributed by atoms with Crippen molar-refractivity contribution in [3.05, 3.63) is 30.0 Å². The Kier molecular flexibility index (Phi) is 3.38. The van der Waals surface area contributed by atoms with Crippen molar-refractivity contribution in [2.75, 3.05) is 12.3 Å². The molecular weight excluding hydrogens is 210 g/mol. The maximum Gasteiger partial charge on any atom is 0.0506 e. The van der Waals surface area contributed by atoms with E-state index in [1.165, 1.54) is 11.2 Å². The van der Waals surface area contributed by atoms with E-state index < -0.39 is 0 Å². The fourth-order valence-corrected chi connectivity index (χ4v) is 2.33. The first-order valence-corrected chi connectivity index (χ1v) is 6.24. The molecule has 0 spiro atoms. The summed E-state index contributed by atoms with van der Waals surface area (Å²) in [6.45, 7) is 8.41. The second kappa shape index (κ2) is 4.80. The molecule has 0 fully saturated rings. The minimum Gasteiger partial charge on any atom is -0.398 e. The van der Waals surface area contributed by atoms with Crippen LogP contribution in [0.3, 0.4) is 0 Å². The summed E-state index contributed by atoms with van der Waals surface area (Å²) in [6, 6.07) is 8.77. The topological polar surface area (TPSA) is 43.0 Å². The van der Waals surface area contributed by atoms with Crippen LogP contribution in [0, 0.1) is 0 Å². The lowest BCUT2D eigenvalue weighted by Gasteiger charge is -2.15. The van der Waals surface area contributed by atoms with Crippen molar-refractivity contribution >= 4 is 16.6 Å². The van der Waals surface area contributed by atoms with Gasteiger partial charge in [-0.15, -0.1) is 0 Å². The first kappa shape index (κ1) is 12.0. The molecule has 0 saturated carbocycles. The van der Waals surface area contributed by atoms with Crippen LogP contribution in [0.25, 0.3) is 10.9 Å². The second-order valence-electron chi connectivity index (χ2n) is 4.66. The van der Waals surface area contributed by atoms with Gasteiger partial charge in [0, 0.05) is 29.4 Å². The number of nitrogens with two attached hydrogens (primary N) is 1.